The van der Waals surface area contributed by atoms with Gasteiger partial charge in [0.25, 0.3) is 0 Å². The van der Waals surface area contributed by atoms with Gasteiger partial charge < -0.3 is 15.6 Å². The molecular weight excluding hydrogens is 198 g/mol. The highest BCUT2D eigenvalue weighted by molar-refractivity contribution is 7.98. The van der Waals surface area contributed by atoms with Crippen LogP contribution in [0.4, 0.5) is 0 Å². The van der Waals surface area contributed by atoms with Gasteiger partial charge in [-0.1, -0.05) is 0 Å². The normalized spacial score (nSPS) is 12.6. The van der Waals surface area contributed by atoms with Gasteiger partial charge in [0.2, 0.25) is 0 Å². The first-order valence-electron chi connectivity index (χ1n) is 4.31. The van der Waals surface area contributed by atoms with E-state index in [0.717, 1.165) is 16.2 Å². The lowest BCUT2D eigenvalue weighted by atomic mass is 10.1. The fourth-order valence-electron chi connectivity index (χ4n) is 1.23. The number of thioether (sulfide) groups is 1. The van der Waals surface area contributed by atoms with Gasteiger partial charge in [-0.15, -0.1) is 11.8 Å². The molecule has 0 spiro atoms. The number of hydrogen-bond donors (Lipinski definition) is 2. The van der Waals surface area contributed by atoms with E-state index in [9.17, 15) is 0 Å². The predicted octanol–water partition coefficient (Wildman–Crippen LogP) is 1.41. The maximum Gasteiger partial charge on any atom is 0.123 e. The SMILES string of the molecule is COc1ccc(SC)cc1C(N)CO. The summed E-state index contributed by atoms with van der Waals surface area (Å²) in [7, 11) is 1.60. The molecule has 0 saturated carbocycles. The molecule has 0 bridgehead atoms. The van der Waals surface area contributed by atoms with Gasteiger partial charge >= 0.3 is 0 Å². The Kier molecular flexibility index (Phi) is 4.25. The first-order chi connectivity index (χ1) is 6.72. The van der Waals surface area contributed by atoms with Crippen molar-refractivity contribution >= 4 is 11.8 Å². The van der Waals surface area contributed by atoms with Crippen LogP contribution in [0.2, 0.25) is 0 Å². The van der Waals surface area contributed by atoms with Crippen molar-refractivity contribution in [3.05, 3.63) is 23.8 Å². The maximum absolute atomic E-state index is 8.98. The second-order valence-electron chi connectivity index (χ2n) is 2.90. The minimum atomic E-state index is -0.378. The van der Waals surface area contributed by atoms with Gasteiger partial charge in [0, 0.05) is 10.5 Å². The molecule has 3 nitrogen and oxygen atoms in total. The molecule has 3 N–H and O–H groups in total. The van der Waals surface area contributed by atoms with Crippen molar-refractivity contribution in [2.45, 2.75) is 10.9 Å². The number of aliphatic hydroxyl groups excluding tert-OH is 1. The molecule has 0 heterocycles. The molecule has 1 aromatic carbocycles. The summed E-state index contributed by atoms with van der Waals surface area (Å²) in [6.07, 6.45) is 2.00. The Hall–Kier alpha value is -0.710. The van der Waals surface area contributed by atoms with Gasteiger partial charge in [0.15, 0.2) is 0 Å². The van der Waals surface area contributed by atoms with Crippen LogP contribution in [0.1, 0.15) is 11.6 Å². The molecule has 0 aliphatic heterocycles. The third-order valence-electron chi connectivity index (χ3n) is 2.03. The van der Waals surface area contributed by atoms with E-state index in [2.05, 4.69) is 0 Å². The Morgan fingerprint density at radius 1 is 1.57 bits per heavy atom. The van der Waals surface area contributed by atoms with Crippen LogP contribution in [0.3, 0.4) is 0 Å². The molecule has 0 aromatic heterocycles. The average Bonchev–Trinajstić information content (AvgIpc) is 2.27. The van der Waals surface area contributed by atoms with E-state index < -0.39 is 0 Å². The first kappa shape index (κ1) is 11.4. The van der Waals surface area contributed by atoms with Crippen LogP contribution < -0.4 is 10.5 Å². The topological polar surface area (TPSA) is 55.5 Å². The van der Waals surface area contributed by atoms with Gasteiger partial charge in [-0.25, -0.2) is 0 Å². The van der Waals surface area contributed by atoms with Crippen LogP contribution in [0.15, 0.2) is 23.1 Å². The summed E-state index contributed by atoms with van der Waals surface area (Å²) < 4.78 is 5.17. The fourth-order valence-corrected chi connectivity index (χ4v) is 1.68. The summed E-state index contributed by atoms with van der Waals surface area (Å²) in [6.45, 7) is -0.0752. The predicted molar refractivity (Wildman–Crippen MR) is 58.8 cm³/mol. The molecule has 0 amide bonds. The molecular formula is C10H15NO2S. The van der Waals surface area contributed by atoms with E-state index in [0.29, 0.717) is 0 Å². The Morgan fingerprint density at radius 3 is 2.79 bits per heavy atom. The van der Waals surface area contributed by atoms with E-state index in [-0.39, 0.29) is 12.6 Å². The molecule has 1 aromatic rings. The van der Waals surface area contributed by atoms with E-state index in [4.69, 9.17) is 15.6 Å². The van der Waals surface area contributed by atoms with Crippen molar-refractivity contribution in [1.82, 2.24) is 0 Å². The second-order valence-corrected chi connectivity index (χ2v) is 3.78. The van der Waals surface area contributed by atoms with Crippen LogP contribution >= 0.6 is 11.8 Å². The number of rotatable bonds is 4. The molecule has 1 unspecified atom stereocenters. The summed E-state index contributed by atoms with van der Waals surface area (Å²) >= 11 is 1.64. The number of ether oxygens (including phenoxy) is 1. The molecule has 0 aliphatic carbocycles. The minimum absolute atomic E-state index is 0.0752. The average molecular weight is 213 g/mol. The highest BCUT2D eigenvalue weighted by Gasteiger charge is 2.11. The van der Waals surface area contributed by atoms with Gasteiger partial charge in [-0.3, -0.25) is 0 Å². The van der Waals surface area contributed by atoms with Crippen molar-refractivity contribution in [1.29, 1.82) is 0 Å². The van der Waals surface area contributed by atoms with Crippen molar-refractivity contribution in [3.63, 3.8) is 0 Å². The molecule has 1 atom stereocenters. The van der Waals surface area contributed by atoms with Crippen LogP contribution in [-0.2, 0) is 0 Å². The minimum Gasteiger partial charge on any atom is -0.496 e. The number of aliphatic hydroxyl groups is 1. The number of hydrogen-bond acceptors (Lipinski definition) is 4. The van der Waals surface area contributed by atoms with Crippen LogP contribution in [0.5, 0.6) is 5.75 Å². The molecule has 0 aliphatic rings. The Morgan fingerprint density at radius 2 is 2.29 bits per heavy atom. The lowest BCUT2D eigenvalue weighted by Crippen LogP contribution is -2.15. The highest BCUT2D eigenvalue weighted by atomic mass is 32.2. The molecule has 0 fully saturated rings. The van der Waals surface area contributed by atoms with Crippen molar-refractivity contribution in [3.8, 4) is 5.75 Å². The van der Waals surface area contributed by atoms with Crippen molar-refractivity contribution < 1.29 is 9.84 Å². The molecule has 78 valence electrons. The van der Waals surface area contributed by atoms with Gasteiger partial charge in [0.1, 0.15) is 5.75 Å². The van der Waals surface area contributed by atoms with Gasteiger partial charge in [-0.05, 0) is 24.5 Å². The summed E-state index contributed by atoms with van der Waals surface area (Å²) in [4.78, 5) is 1.12. The molecule has 1 rings (SSSR count). The zero-order valence-electron chi connectivity index (χ0n) is 8.36. The number of nitrogens with two attached hydrogens (primary N) is 1. The zero-order chi connectivity index (χ0) is 10.6. The van der Waals surface area contributed by atoms with Crippen molar-refractivity contribution in [2.24, 2.45) is 5.73 Å². The summed E-state index contributed by atoms with van der Waals surface area (Å²) in [6, 6.07) is 5.41. The van der Waals surface area contributed by atoms with E-state index in [1.807, 2.05) is 24.5 Å². The third-order valence-corrected chi connectivity index (χ3v) is 2.76. The zero-order valence-corrected chi connectivity index (χ0v) is 9.17. The quantitative estimate of drug-likeness (QED) is 0.742. The summed E-state index contributed by atoms with van der Waals surface area (Å²) in [5, 5.41) is 8.98. The fraction of sp³-hybridized carbons (Fsp3) is 0.400. The number of benzene rings is 1. The smallest absolute Gasteiger partial charge is 0.123 e. The lowest BCUT2D eigenvalue weighted by molar-refractivity contribution is 0.264. The maximum atomic E-state index is 8.98. The first-order valence-corrected chi connectivity index (χ1v) is 5.53. The standard InChI is InChI=1S/C10H15NO2S/c1-13-10-4-3-7(14-2)5-8(10)9(11)6-12/h3-5,9,12H,6,11H2,1-2H3. The Balaban J connectivity index is 3.08. The number of methoxy groups -OCH3 is 1. The van der Waals surface area contributed by atoms with Crippen LogP contribution in [-0.4, -0.2) is 25.1 Å². The Labute approximate surface area is 88.3 Å². The van der Waals surface area contributed by atoms with E-state index in [1.165, 1.54) is 0 Å². The van der Waals surface area contributed by atoms with Crippen molar-refractivity contribution in [2.75, 3.05) is 20.0 Å². The summed E-state index contributed by atoms with van der Waals surface area (Å²) in [5.74, 6) is 0.726. The molecule has 0 radical (unpaired) electrons. The lowest BCUT2D eigenvalue weighted by Gasteiger charge is -2.14. The largest absolute Gasteiger partial charge is 0.496 e. The molecule has 4 heteroatoms. The van der Waals surface area contributed by atoms with Crippen LogP contribution in [0, 0.1) is 0 Å². The van der Waals surface area contributed by atoms with Crippen LogP contribution in [0.25, 0.3) is 0 Å². The Bertz CT molecular complexity index is 304. The third kappa shape index (κ3) is 2.41. The van der Waals surface area contributed by atoms with Gasteiger partial charge in [-0.2, -0.15) is 0 Å². The van der Waals surface area contributed by atoms with Gasteiger partial charge in [0.05, 0.1) is 19.8 Å². The van der Waals surface area contributed by atoms with E-state index >= 15 is 0 Å². The van der Waals surface area contributed by atoms with E-state index in [1.54, 1.807) is 18.9 Å². The monoisotopic (exact) mass is 213 g/mol. The summed E-state index contributed by atoms with van der Waals surface area (Å²) in [5.41, 5.74) is 6.60. The highest BCUT2D eigenvalue weighted by Crippen LogP contribution is 2.28. The molecule has 14 heavy (non-hydrogen) atoms. The second kappa shape index (κ2) is 5.24. The molecule has 0 saturated heterocycles.